The number of anilines is 4. The number of methoxy groups -OCH3 is 3. The van der Waals surface area contributed by atoms with Gasteiger partial charge >= 0.3 is 0 Å². The minimum absolute atomic E-state index is 0.188. The Bertz CT molecular complexity index is 1860. The quantitative estimate of drug-likeness (QED) is 0.192. The van der Waals surface area contributed by atoms with Gasteiger partial charge in [0.05, 0.1) is 41.7 Å². The van der Waals surface area contributed by atoms with Crippen LogP contribution in [0.4, 0.5) is 23.0 Å². The lowest BCUT2D eigenvalue weighted by molar-refractivity contribution is -0.111. The van der Waals surface area contributed by atoms with Crippen molar-refractivity contribution in [3.8, 4) is 22.6 Å². The number of hydrogen-bond donors (Lipinski definition) is 2. The van der Waals surface area contributed by atoms with Gasteiger partial charge in [0.25, 0.3) is 0 Å². The highest BCUT2D eigenvalue weighted by Crippen LogP contribution is 2.47. The van der Waals surface area contributed by atoms with Gasteiger partial charge in [-0.05, 0) is 30.3 Å². The maximum atomic E-state index is 12.3. The zero-order chi connectivity index (χ0) is 30.2. The molecule has 3 aromatic heterocycles. The highest BCUT2D eigenvalue weighted by Gasteiger charge is 2.27. The summed E-state index contributed by atoms with van der Waals surface area (Å²) in [7, 11) is 4.75. The summed E-state index contributed by atoms with van der Waals surface area (Å²) in [5, 5.41) is 7.48. The van der Waals surface area contributed by atoms with Gasteiger partial charge in [-0.1, -0.05) is 29.8 Å². The number of carbonyl (C=O) groups excluding carboxylic acids is 1. The average molecular weight is 620 g/mol. The number of ether oxygens (including phenoxy) is 3. The Balaban J connectivity index is 1.41. The lowest BCUT2D eigenvalue weighted by Crippen LogP contribution is -2.51. The summed E-state index contributed by atoms with van der Waals surface area (Å²) in [5.41, 5.74) is 4.46. The smallest absolute Gasteiger partial charge is 0.247 e. The summed E-state index contributed by atoms with van der Waals surface area (Å²) in [4.78, 5) is 28.3. The molecule has 43 heavy (non-hydrogen) atoms. The molecule has 1 saturated heterocycles. The van der Waals surface area contributed by atoms with E-state index in [-0.39, 0.29) is 12.0 Å². The van der Waals surface area contributed by atoms with Gasteiger partial charge in [0.2, 0.25) is 11.9 Å². The van der Waals surface area contributed by atoms with Gasteiger partial charge in [0.15, 0.2) is 5.65 Å². The van der Waals surface area contributed by atoms with Crippen LogP contribution in [0, 0.1) is 0 Å². The number of halogens is 2. The monoisotopic (exact) mass is 619 g/mol. The minimum atomic E-state index is -0.336. The summed E-state index contributed by atoms with van der Waals surface area (Å²) >= 11 is 13.5. The van der Waals surface area contributed by atoms with E-state index in [9.17, 15) is 4.79 Å². The van der Waals surface area contributed by atoms with Crippen LogP contribution in [0.3, 0.4) is 0 Å². The van der Waals surface area contributed by atoms with E-state index < -0.39 is 0 Å². The van der Waals surface area contributed by atoms with Gasteiger partial charge in [0, 0.05) is 67.1 Å². The molecule has 2 N–H and O–H groups in total. The zero-order valence-electron chi connectivity index (χ0n) is 23.5. The fourth-order valence-electron chi connectivity index (χ4n) is 4.98. The molecular weight excluding hydrogens is 593 g/mol. The van der Waals surface area contributed by atoms with Crippen molar-refractivity contribution >= 4 is 68.8 Å². The molecule has 1 amide bonds. The van der Waals surface area contributed by atoms with Crippen LogP contribution in [-0.4, -0.2) is 65.8 Å². The van der Waals surface area contributed by atoms with Crippen molar-refractivity contribution < 1.29 is 19.0 Å². The van der Waals surface area contributed by atoms with Crippen LogP contribution in [0.25, 0.3) is 27.8 Å². The predicted octanol–water partition coefficient (Wildman–Crippen LogP) is 5.97. The minimum Gasteiger partial charge on any atom is -0.495 e. The lowest BCUT2D eigenvalue weighted by atomic mass is 10.0. The van der Waals surface area contributed by atoms with Gasteiger partial charge in [-0.25, -0.2) is 9.97 Å². The number of nitrogens with one attached hydrogen (secondary N) is 2. The third-order valence-corrected chi connectivity index (χ3v) is 8.04. The Kier molecular flexibility index (Phi) is 7.70. The highest BCUT2D eigenvalue weighted by molar-refractivity contribution is 6.41. The first-order chi connectivity index (χ1) is 20.8. The Morgan fingerprint density at radius 3 is 2.44 bits per heavy atom. The van der Waals surface area contributed by atoms with Gasteiger partial charge in [0.1, 0.15) is 17.1 Å². The Morgan fingerprint density at radius 2 is 1.77 bits per heavy atom. The topological polar surface area (TPSA) is 115 Å². The van der Waals surface area contributed by atoms with Crippen molar-refractivity contribution in [3.63, 3.8) is 0 Å². The molecule has 13 heteroatoms. The largest absolute Gasteiger partial charge is 0.495 e. The van der Waals surface area contributed by atoms with Crippen molar-refractivity contribution in [2.75, 3.05) is 50.0 Å². The standard InChI is InChI=1S/C30H27Cl2N7O4/c1-5-24(40)35-21-11-17(38-14-18(15-38)41-2)6-7-20(21)36-30-34-13-16-10-19(29-33-8-9-39(29)28(16)37-30)25-26(31)22(42-3)12-23(43-4)27(25)32/h5-13,18H,1,14-15H2,2-4H3,(H,35,40)(H,34,36,37). The molecule has 4 heterocycles. The van der Waals surface area contributed by atoms with Crippen LogP contribution < -0.4 is 25.0 Å². The molecule has 0 radical (unpaired) electrons. The van der Waals surface area contributed by atoms with Gasteiger partial charge < -0.3 is 29.7 Å². The van der Waals surface area contributed by atoms with E-state index in [0.717, 1.165) is 18.8 Å². The van der Waals surface area contributed by atoms with E-state index in [1.165, 1.54) is 20.3 Å². The molecule has 11 nitrogen and oxygen atoms in total. The number of fused-ring (bicyclic) bond motifs is 3. The van der Waals surface area contributed by atoms with E-state index >= 15 is 0 Å². The number of nitrogens with zero attached hydrogens (tertiary/aromatic N) is 5. The first-order valence-corrected chi connectivity index (χ1v) is 14.0. The van der Waals surface area contributed by atoms with Crippen LogP contribution >= 0.6 is 23.2 Å². The number of benzene rings is 2. The first-order valence-electron chi connectivity index (χ1n) is 13.2. The summed E-state index contributed by atoms with van der Waals surface area (Å²) < 4.78 is 18.2. The molecule has 0 saturated carbocycles. The van der Waals surface area contributed by atoms with Crippen molar-refractivity contribution in [2.24, 2.45) is 0 Å². The van der Waals surface area contributed by atoms with Crippen molar-refractivity contribution in [1.29, 1.82) is 0 Å². The molecule has 6 rings (SSSR count). The molecule has 1 fully saturated rings. The molecule has 0 atom stereocenters. The second-order valence-electron chi connectivity index (χ2n) is 9.75. The second-order valence-corrected chi connectivity index (χ2v) is 10.5. The molecule has 1 aliphatic heterocycles. The molecule has 1 aliphatic rings. The number of amides is 1. The number of aromatic nitrogens is 4. The molecule has 5 aromatic rings. The number of imidazole rings is 1. The summed E-state index contributed by atoms with van der Waals surface area (Å²) in [6.07, 6.45) is 6.56. The van der Waals surface area contributed by atoms with E-state index in [4.69, 9.17) is 42.4 Å². The molecule has 0 unspecified atom stereocenters. The van der Waals surface area contributed by atoms with E-state index in [1.54, 1.807) is 31.8 Å². The molecule has 0 bridgehead atoms. The maximum absolute atomic E-state index is 12.3. The summed E-state index contributed by atoms with van der Waals surface area (Å²) in [6, 6.07) is 9.25. The predicted molar refractivity (Wildman–Crippen MR) is 168 cm³/mol. The van der Waals surface area contributed by atoms with Gasteiger partial charge in [-0.3, -0.25) is 9.20 Å². The van der Waals surface area contributed by atoms with Crippen LogP contribution in [-0.2, 0) is 9.53 Å². The lowest BCUT2D eigenvalue weighted by Gasteiger charge is -2.40. The molecular formula is C30H27Cl2N7O4. The fourth-order valence-corrected chi connectivity index (χ4v) is 5.68. The highest BCUT2D eigenvalue weighted by atomic mass is 35.5. The summed E-state index contributed by atoms with van der Waals surface area (Å²) in [5.74, 6) is 0.810. The maximum Gasteiger partial charge on any atom is 0.247 e. The number of carbonyl (C=O) groups is 1. The van der Waals surface area contributed by atoms with Gasteiger partial charge in [-0.2, -0.15) is 4.98 Å². The summed E-state index contributed by atoms with van der Waals surface area (Å²) in [6.45, 7) is 5.11. The number of rotatable bonds is 9. The van der Waals surface area contributed by atoms with Crippen LogP contribution in [0.2, 0.25) is 10.0 Å². The third-order valence-electron chi connectivity index (χ3n) is 7.29. The molecule has 2 aromatic carbocycles. The SMILES string of the molecule is C=CC(=O)Nc1cc(N2CC(OC)C2)ccc1Nc1ncc2cc(-c3c(Cl)c(OC)cc(OC)c3Cl)c3nccn3c2n1. The zero-order valence-corrected chi connectivity index (χ0v) is 25.0. The van der Waals surface area contributed by atoms with Crippen LogP contribution in [0.1, 0.15) is 0 Å². The normalized spacial score (nSPS) is 13.2. The van der Waals surface area contributed by atoms with Crippen LogP contribution in [0.5, 0.6) is 11.5 Å². The second kappa shape index (κ2) is 11.6. The Hall–Kier alpha value is -4.58. The van der Waals surface area contributed by atoms with E-state index in [0.29, 0.717) is 66.7 Å². The fraction of sp³-hybridized carbons (Fsp3) is 0.200. The Labute approximate surface area is 257 Å². The van der Waals surface area contributed by atoms with E-state index in [1.807, 2.05) is 28.7 Å². The van der Waals surface area contributed by atoms with E-state index in [2.05, 4.69) is 32.1 Å². The molecule has 0 spiro atoms. The first kappa shape index (κ1) is 28.5. The Morgan fingerprint density at radius 1 is 1.02 bits per heavy atom. The van der Waals surface area contributed by atoms with Gasteiger partial charge in [-0.15, -0.1) is 0 Å². The van der Waals surface area contributed by atoms with Crippen molar-refractivity contribution in [2.45, 2.75) is 6.10 Å². The van der Waals surface area contributed by atoms with Crippen molar-refractivity contribution in [3.05, 3.63) is 71.6 Å². The average Bonchev–Trinajstić information content (AvgIpc) is 3.49. The molecule has 0 aliphatic carbocycles. The third kappa shape index (κ3) is 5.16. The molecule has 220 valence electrons. The van der Waals surface area contributed by atoms with Crippen molar-refractivity contribution in [1.82, 2.24) is 19.4 Å². The number of pyridine rings is 1. The number of hydrogen-bond acceptors (Lipinski definition) is 9. The van der Waals surface area contributed by atoms with Crippen LogP contribution in [0.15, 0.2) is 61.6 Å².